The first kappa shape index (κ1) is 11.2. The maximum absolute atomic E-state index is 10.8. The summed E-state index contributed by atoms with van der Waals surface area (Å²) in [7, 11) is 0. The minimum absolute atomic E-state index is 0.212. The van der Waals surface area contributed by atoms with Crippen LogP contribution in [0.25, 0.3) is 0 Å². The quantitative estimate of drug-likeness (QED) is 0.825. The predicted octanol–water partition coefficient (Wildman–Crippen LogP) is 3.45. The van der Waals surface area contributed by atoms with Crippen LogP contribution in [0.5, 0.6) is 0 Å². The van der Waals surface area contributed by atoms with Gasteiger partial charge in [-0.1, -0.05) is 30.7 Å². The van der Waals surface area contributed by atoms with Crippen molar-refractivity contribution < 1.29 is 9.90 Å². The molecular formula is C14H18O2. The third-order valence-corrected chi connectivity index (χ3v) is 3.58. The number of hydrogen-bond donors (Lipinski definition) is 1. The summed E-state index contributed by atoms with van der Waals surface area (Å²) in [5, 5.41) is 8.93. The zero-order valence-corrected chi connectivity index (χ0v) is 9.86. The van der Waals surface area contributed by atoms with Crippen LogP contribution in [0.3, 0.4) is 0 Å². The largest absolute Gasteiger partial charge is 0.481 e. The Hall–Kier alpha value is -1.31. The van der Waals surface area contributed by atoms with Crippen LogP contribution in [0, 0.1) is 6.92 Å². The van der Waals surface area contributed by atoms with Gasteiger partial charge >= 0.3 is 5.97 Å². The van der Waals surface area contributed by atoms with Gasteiger partial charge in [0, 0.05) is 0 Å². The minimum atomic E-state index is -0.688. The second-order valence-electron chi connectivity index (χ2n) is 4.91. The molecule has 0 fully saturated rings. The summed E-state index contributed by atoms with van der Waals surface area (Å²) in [4.78, 5) is 10.8. The Labute approximate surface area is 96.3 Å². The molecule has 1 aromatic rings. The lowest BCUT2D eigenvalue weighted by Gasteiger charge is -2.29. The van der Waals surface area contributed by atoms with E-state index in [0.717, 1.165) is 12.8 Å². The Balaban J connectivity index is 2.37. The first-order chi connectivity index (χ1) is 7.58. The fourth-order valence-electron chi connectivity index (χ4n) is 2.68. The molecule has 16 heavy (non-hydrogen) atoms. The molecule has 0 heterocycles. The fraction of sp³-hybridized carbons (Fsp3) is 0.500. The van der Waals surface area contributed by atoms with Crippen molar-refractivity contribution in [3.8, 4) is 0 Å². The van der Waals surface area contributed by atoms with E-state index in [1.165, 1.54) is 16.7 Å². The van der Waals surface area contributed by atoms with Crippen molar-refractivity contribution in [3.63, 3.8) is 0 Å². The van der Waals surface area contributed by atoms with Crippen LogP contribution in [0.15, 0.2) is 18.2 Å². The smallest absolute Gasteiger partial charge is 0.303 e. The van der Waals surface area contributed by atoms with Gasteiger partial charge in [0.2, 0.25) is 0 Å². The molecule has 2 nitrogen and oxygen atoms in total. The number of carboxylic acids is 1. The highest BCUT2D eigenvalue weighted by molar-refractivity contribution is 5.68. The summed E-state index contributed by atoms with van der Waals surface area (Å²) < 4.78 is 0. The molecule has 0 saturated carbocycles. The molecule has 0 aromatic heterocycles. The van der Waals surface area contributed by atoms with Crippen LogP contribution in [-0.4, -0.2) is 11.1 Å². The third kappa shape index (κ3) is 2.11. The second-order valence-corrected chi connectivity index (χ2v) is 4.91. The number of rotatable bonds is 2. The number of carbonyl (C=O) groups is 1. The molecule has 0 spiro atoms. The van der Waals surface area contributed by atoms with Gasteiger partial charge in [0.05, 0.1) is 6.42 Å². The molecule has 1 aromatic carbocycles. The van der Waals surface area contributed by atoms with Gasteiger partial charge in [0.25, 0.3) is 0 Å². The van der Waals surface area contributed by atoms with Crippen molar-refractivity contribution in [1.29, 1.82) is 0 Å². The maximum atomic E-state index is 10.8. The van der Waals surface area contributed by atoms with Gasteiger partial charge in [-0.15, -0.1) is 0 Å². The number of carboxylic acid groups (broad SMARTS) is 1. The van der Waals surface area contributed by atoms with Gasteiger partial charge in [0.15, 0.2) is 0 Å². The van der Waals surface area contributed by atoms with Crippen molar-refractivity contribution in [3.05, 3.63) is 34.9 Å². The van der Waals surface area contributed by atoms with E-state index in [1.807, 2.05) is 0 Å². The van der Waals surface area contributed by atoms with Gasteiger partial charge in [-0.2, -0.15) is 0 Å². The first-order valence-corrected chi connectivity index (χ1v) is 5.90. The SMILES string of the molecule is Cc1ccc2c(c1)[C@@H](CC(=O)O)CC[C@@H]2C. The molecule has 86 valence electrons. The highest BCUT2D eigenvalue weighted by Gasteiger charge is 2.26. The second kappa shape index (κ2) is 4.28. The molecule has 0 bridgehead atoms. The van der Waals surface area contributed by atoms with Crippen molar-refractivity contribution >= 4 is 5.97 Å². The third-order valence-electron chi connectivity index (χ3n) is 3.58. The predicted molar refractivity (Wildman–Crippen MR) is 63.8 cm³/mol. The normalized spacial score (nSPS) is 23.9. The molecule has 1 aliphatic rings. The fourth-order valence-corrected chi connectivity index (χ4v) is 2.68. The lowest BCUT2D eigenvalue weighted by molar-refractivity contribution is -0.137. The standard InChI is InChI=1S/C14H18O2/c1-9-3-6-12-10(2)4-5-11(8-14(15)16)13(12)7-9/h3,6-7,10-11H,4-5,8H2,1-2H3,(H,15,16)/t10-,11+/m0/s1. The number of hydrogen-bond acceptors (Lipinski definition) is 1. The highest BCUT2D eigenvalue weighted by atomic mass is 16.4. The number of fused-ring (bicyclic) bond motifs is 1. The molecule has 2 heteroatoms. The van der Waals surface area contributed by atoms with Gasteiger partial charge in [0.1, 0.15) is 0 Å². The molecular weight excluding hydrogens is 200 g/mol. The summed E-state index contributed by atoms with van der Waals surface area (Å²) in [6.07, 6.45) is 2.38. The Morgan fingerprint density at radius 3 is 2.81 bits per heavy atom. The lowest BCUT2D eigenvalue weighted by Crippen LogP contribution is -2.16. The van der Waals surface area contributed by atoms with Crippen LogP contribution < -0.4 is 0 Å². The molecule has 1 aliphatic carbocycles. The minimum Gasteiger partial charge on any atom is -0.481 e. The summed E-state index contributed by atoms with van der Waals surface area (Å²) in [5.41, 5.74) is 3.84. The Morgan fingerprint density at radius 2 is 2.12 bits per heavy atom. The van der Waals surface area contributed by atoms with E-state index in [2.05, 4.69) is 32.0 Å². The van der Waals surface area contributed by atoms with Crippen LogP contribution in [0.1, 0.15) is 54.7 Å². The summed E-state index contributed by atoms with van der Waals surface area (Å²) in [6.45, 7) is 4.29. The van der Waals surface area contributed by atoms with Gasteiger partial charge in [-0.05, 0) is 42.7 Å². The summed E-state index contributed by atoms with van der Waals surface area (Å²) >= 11 is 0. The van der Waals surface area contributed by atoms with Crippen LogP contribution in [0.4, 0.5) is 0 Å². The molecule has 0 radical (unpaired) electrons. The Bertz CT molecular complexity index is 409. The van der Waals surface area contributed by atoms with Gasteiger partial charge in [-0.3, -0.25) is 4.79 Å². The zero-order valence-electron chi connectivity index (χ0n) is 9.86. The number of aliphatic carboxylic acids is 1. The molecule has 1 N–H and O–H groups in total. The van der Waals surface area contributed by atoms with Crippen molar-refractivity contribution in [2.45, 2.75) is 44.9 Å². The van der Waals surface area contributed by atoms with E-state index in [0.29, 0.717) is 5.92 Å². The molecule has 0 aliphatic heterocycles. The maximum Gasteiger partial charge on any atom is 0.303 e. The van der Waals surface area contributed by atoms with Crippen LogP contribution in [-0.2, 0) is 4.79 Å². The average Bonchev–Trinajstić information content (AvgIpc) is 2.22. The molecule has 0 unspecified atom stereocenters. The monoisotopic (exact) mass is 218 g/mol. The number of aryl methyl sites for hydroxylation is 1. The van der Waals surface area contributed by atoms with E-state index in [-0.39, 0.29) is 12.3 Å². The van der Waals surface area contributed by atoms with Gasteiger partial charge in [-0.25, -0.2) is 0 Å². The van der Waals surface area contributed by atoms with E-state index >= 15 is 0 Å². The lowest BCUT2D eigenvalue weighted by atomic mass is 9.75. The van der Waals surface area contributed by atoms with E-state index in [4.69, 9.17) is 5.11 Å². The average molecular weight is 218 g/mol. The Kier molecular flexibility index (Phi) is 2.99. The summed E-state index contributed by atoms with van der Waals surface area (Å²) in [6, 6.07) is 6.46. The Morgan fingerprint density at radius 1 is 1.38 bits per heavy atom. The van der Waals surface area contributed by atoms with Crippen LogP contribution in [0.2, 0.25) is 0 Å². The molecule has 2 rings (SSSR count). The first-order valence-electron chi connectivity index (χ1n) is 5.90. The van der Waals surface area contributed by atoms with E-state index < -0.39 is 5.97 Å². The van der Waals surface area contributed by atoms with Crippen LogP contribution >= 0.6 is 0 Å². The number of benzene rings is 1. The highest BCUT2D eigenvalue weighted by Crippen LogP contribution is 2.40. The molecule has 0 amide bonds. The zero-order chi connectivity index (χ0) is 11.7. The summed E-state index contributed by atoms with van der Waals surface area (Å²) in [5.74, 6) is 0.0938. The van der Waals surface area contributed by atoms with Crippen molar-refractivity contribution in [1.82, 2.24) is 0 Å². The topological polar surface area (TPSA) is 37.3 Å². The van der Waals surface area contributed by atoms with Crippen molar-refractivity contribution in [2.24, 2.45) is 0 Å². The van der Waals surface area contributed by atoms with Crippen molar-refractivity contribution in [2.75, 3.05) is 0 Å². The van der Waals surface area contributed by atoms with E-state index in [9.17, 15) is 4.79 Å². The molecule has 0 saturated heterocycles. The van der Waals surface area contributed by atoms with E-state index in [1.54, 1.807) is 0 Å². The van der Waals surface area contributed by atoms with Gasteiger partial charge < -0.3 is 5.11 Å². The molecule has 2 atom stereocenters.